The largest absolute Gasteiger partial charge is 0.455 e. The molecule has 0 aliphatic carbocycles. The number of nitrogens with one attached hydrogen (secondary N) is 2. The van der Waals surface area contributed by atoms with Crippen LogP contribution in [0.25, 0.3) is 0 Å². The Balaban J connectivity index is 1.33. The van der Waals surface area contributed by atoms with Gasteiger partial charge in [-0.2, -0.15) is 5.10 Å². The van der Waals surface area contributed by atoms with Crippen LogP contribution in [0.5, 0.6) is 11.5 Å². The molecule has 4 aromatic rings. The van der Waals surface area contributed by atoms with Crippen LogP contribution in [-0.2, 0) is 13.1 Å². The third-order valence-corrected chi connectivity index (χ3v) is 4.64. The average molecular weight is 413 g/mol. The van der Waals surface area contributed by atoms with Gasteiger partial charge in [0.25, 0.3) is 0 Å². The second-order valence-electron chi connectivity index (χ2n) is 7.13. The quantitative estimate of drug-likeness (QED) is 0.458. The van der Waals surface area contributed by atoms with Gasteiger partial charge in [-0.1, -0.05) is 48.5 Å². The first kappa shape index (κ1) is 20.2. The molecule has 0 atom stereocenters. The van der Waals surface area contributed by atoms with Crippen molar-refractivity contribution < 1.29 is 9.53 Å². The number of hydrogen-bond donors (Lipinski definition) is 2. The molecular formula is C24H23N5O2. The van der Waals surface area contributed by atoms with Crippen LogP contribution in [-0.4, -0.2) is 20.8 Å². The molecule has 0 radical (unpaired) electrons. The molecule has 0 aliphatic rings. The predicted octanol–water partition coefficient (Wildman–Crippen LogP) is 4.75. The smallest absolute Gasteiger partial charge is 0.319 e. The number of carbonyl (C=O) groups excluding carboxylic acids is 1. The van der Waals surface area contributed by atoms with Crippen molar-refractivity contribution in [2.75, 3.05) is 5.32 Å². The van der Waals surface area contributed by atoms with Gasteiger partial charge in [0, 0.05) is 6.54 Å². The number of rotatable bonds is 7. The molecule has 2 amide bonds. The molecule has 4 rings (SSSR count). The Morgan fingerprint density at radius 2 is 1.81 bits per heavy atom. The third-order valence-electron chi connectivity index (χ3n) is 4.64. The lowest BCUT2D eigenvalue weighted by Gasteiger charge is -2.13. The first-order chi connectivity index (χ1) is 15.2. The SMILES string of the molecule is Cc1cccc(Oc2ccccc2NC(=O)NCc2ccc(Cn3cncn3)cc2)c1. The molecule has 1 heterocycles. The Labute approximate surface area is 180 Å². The van der Waals surface area contributed by atoms with Gasteiger partial charge >= 0.3 is 6.03 Å². The number of anilines is 1. The topological polar surface area (TPSA) is 81.1 Å². The molecule has 0 spiro atoms. The van der Waals surface area contributed by atoms with Crippen molar-refractivity contribution in [1.29, 1.82) is 0 Å². The minimum absolute atomic E-state index is 0.299. The van der Waals surface area contributed by atoms with Crippen LogP contribution < -0.4 is 15.4 Å². The summed E-state index contributed by atoms with van der Waals surface area (Å²) in [5.41, 5.74) is 3.82. The minimum Gasteiger partial charge on any atom is -0.455 e. The van der Waals surface area contributed by atoms with E-state index in [4.69, 9.17) is 4.74 Å². The molecule has 3 aromatic carbocycles. The normalized spacial score (nSPS) is 10.5. The lowest BCUT2D eigenvalue weighted by Crippen LogP contribution is -2.28. The fraction of sp³-hybridized carbons (Fsp3) is 0.125. The van der Waals surface area contributed by atoms with E-state index in [1.165, 1.54) is 6.33 Å². The fourth-order valence-corrected chi connectivity index (χ4v) is 3.08. The van der Waals surface area contributed by atoms with Crippen LogP contribution in [0.4, 0.5) is 10.5 Å². The first-order valence-electron chi connectivity index (χ1n) is 9.94. The van der Waals surface area contributed by atoms with Gasteiger partial charge in [0.1, 0.15) is 18.4 Å². The van der Waals surface area contributed by atoms with Crippen molar-refractivity contribution in [3.05, 3.63) is 102 Å². The van der Waals surface area contributed by atoms with E-state index < -0.39 is 0 Å². The van der Waals surface area contributed by atoms with E-state index in [9.17, 15) is 4.79 Å². The summed E-state index contributed by atoms with van der Waals surface area (Å²) in [7, 11) is 0. The number of carbonyl (C=O) groups is 1. The van der Waals surface area contributed by atoms with Crippen molar-refractivity contribution in [2.45, 2.75) is 20.0 Å². The standard InChI is InChI=1S/C24H23N5O2/c1-18-5-4-6-21(13-18)31-23-8-3-2-7-22(23)28-24(30)26-14-19-9-11-20(12-10-19)15-29-17-25-16-27-29/h2-13,16-17H,14-15H2,1H3,(H2,26,28,30). The van der Waals surface area contributed by atoms with E-state index in [-0.39, 0.29) is 6.03 Å². The number of para-hydroxylation sites is 2. The Kier molecular flexibility index (Phi) is 6.23. The fourth-order valence-electron chi connectivity index (χ4n) is 3.08. The molecule has 7 heteroatoms. The number of aryl methyl sites for hydroxylation is 1. The van der Waals surface area contributed by atoms with Crippen LogP contribution in [0, 0.1) is 6.92 Å². The summed E-state index contributed by atoms with van der Waals surface area (Å²) in [6, 6.07) is 22.8. The summed E-state index contributed by atoms with van der Waals surface area (Å²) in [6.07, 6.45) is 3.20. The zero-order valence-electron chi connectivity index (χ0n) is 17.2. The van der Waals surface area contributed by atoms with Gasteiger partial charge in [0.2, 0.25) is 0 Å². The summed E-state index contributed by atoms with van der Waals surface area (Å²) in [6.45, 7) is 3.08. The van der Waals surface area contributed by atoms with Crippen LogP contribution >= 0.6 is 0 Å². The summed E-state index contributed by atoms with van der Waals surface area (Å²) < 4.78 is 7.72. The maximum Gasteiger partial charge on any atom is 0.319 e. The van der Waals surface area contributed by atoms with Crippen molar-refractivity contribution in [2.24, 2.45) is 0 Å². The molecule has 0 bridgehead atoms. The summed E-state index contributed by atoms with van der Waals surface area (Å²) in [5, 5.41) is 9.84. The first-order valence-corrected chi connectivity index (χ1v) is 9.94. The summed E-state index contributed by atoms with van der Waals surface area (Å²) in [5.74, 6) is 1.31. The van der Waals surface area contributed by atoms with Crippen LogP contribution in [0.3, 0.4) is 0 Å². The number of ether oxygens (including phenoxy) is 1. The molecule has 156 valence electrons. The van der Waals surface area contributed by atoms with Crippen LogP contribution in [0.15, 0.2) is 85.5 Å². The number of aromatic nitrogens is 3. The zero-order valence-corrected chi connectivity index (χ0v) is 17.2. The van der Waals surface area contributed by atoms with Crippen molar-refractivity contribution in [3.63, 3.8) is 0 Å². The van der Waals surface area contributed by atoms with Gasteiger partial charge in [0.05, 0.1) is 12.2 Å². The Bertz CT molecular complexity index is 1140. The lowest BCUT2D eigenvalue weighted by molar-refractivity contribution is 0.251. The molecular weight excluding hydrogens is 390 g/mol. The molecule has 0 aliphatic heterocycles. The van der Waals surface area contributed by atoms with Crippen LogP contribution in [0.2, 0.25) is 0 Å². The van der Waals surface area contributed by atoms with Gasteiger partial charge < -0.3 is 15.4 Å². The molecule has 0 saturated carbocycles. The molecule has 0 saturated heterocycles. The molecule has 0 unspecified atom stereocenters. The monoisotopic (exact) mass is 413 g/mol. The van der Waals surface area contributed by atoms with Crippen LogP contribution in [0.1, 0.15) is 16.7 Å². The second kappa shape index (κ2) is 9.58. The zero-order chi connectivity index (χ0) is 21.5. The van der Waals surface area contributed by atoms with Gasteiger partial charge in [-0.3, -0.25) is 0 Å². The highest BCUT2D eigenvalue weighted by molar-refractivity contribution is 5.90. The van der Waals surface area contributed by atoms with Crippen molar-refractivity contribution in [1.82, 2.24) is 20.1 Å². The number of benzene rings is 3. The highest BCUT2D eigenvalue weighted by Crippen LogP contribution is 2.29. The van der Waals surface area contributed by atoms with Crippen molar-refractivity contribution >= 4 is 11.7 Å². The maximum atomic E-state index is 12.4. The number of nitrogens with zero attached hydrogens (tertiary/aromatic N) is 3. The molecule has 2 N–H and O–H groups in total. The van der Waals surface area contributed by atoms with E-state index >= 15 is 0 Å². The van der Waals surface area contributed by atoms with Gasteiger partial charge in [-0.25, -0.2) is 14.5 Å². The minimum atomic E-state index is -0.299. The number of hydrogen-bond acceptors (Lipinski definition) is 4. The van der Waals surface area contributed by atoms with Crippen molar-refractivity contribution in [3.8, 4) is 11.5 Å². The van der Waals surface area contributed by atoms with E-state index in [0.29, 0.717) is 24.5 Å². The second-order valence-corrected chi connectivity index (χ2v) is 7.13. The summed E-state index contributed by atoms with van der Waals surface area (Å²) >= 11 is 0. The molecule has 7 nitrogen and oxygen atoms in total. The maximum absolute atomic E-state index is 12.4. The van der Waals surface area contributed by atoms with E-state index in [1.807, 2.05) is 79.7 Å². The molecule has 0 fully saturated rings. The highest BCUT2D eigenvalue weighted by atomic mass is 16.5. The predicted molar refractivity (Wildman–Crippen MR) is 119 cm³/mol. The number of amides is 2. The van der Waals surface area contributed by atoms with E-state index in [1.54, 1.807) is 11.0 Å². The Morgan fingerprint density at radius 3 is 2.58 bits per heavy atom. The van der Waals surface area contributed by atoms with Gasteiger partial charge in [-0.15, -0.1) is 0 Å². The third kappa shape index (κ3) is 5.70. The highest BCUT2D eigenvalue weighted by Gasteiger charge is 2.08. The van der Waals surface area contributed by atoms with Gasteiger partial charge in [-0.05, 0) is 47.9 Å². The van der Waals surface area contributed by atoms with Gasteiger partial charge in [0.15, 0.2) is 5.75 Å². The number of urea groups is 1. The van der Waals surface area contributed by atoms with E-state index in [0.717, 1.165) is 22.4 Å². The Hall–Kier alpha value is -4.13. The Morgan fingerprint density at radius 1 is 1.00 bits per heavy atom. The molecule has 31 heavy (non-hydrogen) atoms. The lowest BCUT2D eigenvalue weighted by atomic mass is 10.1. The summed E-state index contributed by atoms with van der Waals surface area (Å²) in [4.78, 5) is 16.4. The molecule has 1 aromatic heterocycles. The van der Waals surface area contributed by atoms with E-state index in [2.05, 4.69) is 20.7 Å². The average Bonchev–Trinajstić information content (AvgIpc) is 3.28.